The maximum Gasteiger partial charge on any atom is 0.245 e. The molecule has 4 atom stereocenters. The Kier molecular flexibility index (Phi) is 12.7. The zero-order chi connectivity index (χ0) is 30.6. The van der Waals surface area contributed by atoms with E-state index in [0.29, 0.717) is 38.8 Å². The predicted molar refractivity (Wildman–Crippen MR) is 172 cm³/mol. The number of likely N-dealkylation sites (tertiary alicyclic amines) is 2. The van der Waals surface area contributed by atoms with Crippen LogP contribution in [-0.4, -0.2) is 83.2 Å². The van der Waals surface area contributed by atoms with E-state index in [1.807, 2.05) is 55.5 Å². The van der Waals surface area contributed by atoms with Gasteiger partial charge in [-0.25, -0.2) is 0 Å². The highest BCUT2D eigenvalue weighted by Crippen LogP contribution is 2.31. The highest BCUT2D eigenvalue weighted by molar-refractivity contribution is 8.14. The van der Waals surface area contributed by atoms with Crippen molar-refractivity contribution in [3.8, 4) is 0 Å². The third-order valence-electron chi connectivity index (χ3n) is 8.52. The van der Waals surface area contributed by atoms with Crippen LogP contribution in [0.4, 0.5) is 0 Å². The number of nitrogens with one attached hydrogen (secondary N) is 2. The second-order valence-corrected chi connectivity index (χ2v) is 12.9. The first-order chi connectivity index (χ1) is 20.9. The standard InChI is InChI=1S/C34H46N4O4S/c1-3-13-30(43-31(39)24-37-19-11-6-12-20-37)33(41)36-28-23-27(26-16-9-5-10-17-26)18-21-38(34(28)42)29(32(40)35-2)22-25-14-7-4-8-15-25/h4-5,7-10,14-17,27-30H,3,6,11-13,18-24H2,1-2H3,(H,35,40)(H,36,41)/t27-,28+,29+,30?/m1/s1. The molecule has 3 amide bonds. The van der Waals surface area contributed by atoms with Crippen LogP contribution < -0.4 is 10.6 Å². The summed E-state index contributed by atoms with van der Waals surface area (Å²) in [6.07, 6.45) is 6.17. The molecule has 0 spiro atoms. The van der Waals surface area contributed by atoms with Gasteiger partial charge in [0.05, 0.1) is 11.8 Å². The Balaban J connectivity index is 1.55. The van der Waals surface area contributed by atoms with E-state index in [9.17, 15) is 19.2 Å². The first-order valence-electron chi connectivity index (χ1n) is 15.7. The maximum atomic E-state index is 14.2. The third-order valence-corrected chi connectivity index (χ3v) is 9.65. The molecule has 2 heterocycles. The number of carbonyl (C=O) groups excluding carboxylic acids is 4. The van der Waals surface area contributed by atoms with Crippen LogP contribution in [0.15, 0.2) is 60.7 Å². The molecule has 0 bridgehead atoms. The van der Waals surface area contributed by atoms with Gasteiger partial charge in [-0.3, -0.25) is 24.1 Å². The Labute approximate surface area is 260 Å². The van der Waals surface area contributed by atoms with Gasteiger partial charge in [-0.15, -0.1) is 0 Å². The van der Waals surface area contributed by atoms with Gasteiger partial charge in [0.1, 0.15) is 12.1 Å². The molecule has 8 nitrogen and oxygen atoms in total. The minimum Gasteiger partial charge on any atom is -0.357 e. The minimum absolute atomic E-state index is 0.00553. The van der Waals surface area contributed by atoms with Gasteiger partial charge >= 0.3 is 0 Å². The fourth-order valence-electron chi connectivity index (χ4n) is 6.18. The lowest BCUT2D eigenvalue weighted by Gasteiger charge is -2.32. The van der Waals surface area contributed by atoms with Gasteiger partial charge in [-0.1, -0.05) is 92.2 Å². The number of piperidine rings is 1. The van der Waals surface area contributed by atoms with Crippen molar-refractivity contribution in [2.75, 3.05) is 33.2 Å². The first kappa shape index (κ1) is 32.7. The Morgan fingerprint density at radius 1 is 0.930 bits per heavy atom. The van der Waals surface area contributed by atoms with Crippen molar-refractivity contribution in [1.82, 2.24) is 20.4 Å². The van der Waals surface area contributed by atoms with E-state index >= 15 is 0 Å². The van der Waals surface area contributed by atoms with Crippen LogP contribution in [0.2, 0.25) is 0 Å². The van der Waals surface area contributed by atoms with E-state index in [1.165, 1.54) is 6.42 Å². The lowest BCUT2D eigenvalue weighted by atomic mass is 9.90. The van der Waals surface area contributed by atoms with Crippen LogP contribution in [0.3, 0.4) is 0 Å². The second kappa shape index (κ2) is 16.6. The van der Waals surface area contributed by atoms with Gasteiger partial charge < -0.3 is 15.5 Å². The van der Waals surface area contributed by atoms with Gasteiger partial charge in [0.15, 0.2) is 0 Å². The molecule has 2 aromatic rings. The molecule has 2 fully saturated rings. The minimum atomic E-state index is -0.805. The smallest absolute Gasteiger partial charge is 0.245 e. The lowest BCUT2D eigenvalue weighted by Crippen LogP contribution is -2.56. The molecule has 232 valence electrons. The van der Waals surface area contributed by atoms with Crippen LogP contribution in [0.5, 0.6) is 0 Å². The van der Waals surface area contributed by atoms with Crippen molar-refractivity contribution in [3.63, 3.8) is 0 Å². The summed E-state index contributed by atoms with van der Waals surface area (Å²) in [6.45, 7) is 4.58. The monoisotopic (exact) mass is 606 g/mol. The lowest BCUT2D eigenvalue weighted by molar-refractivity contribution is -0.142. The number of rotatable bonds is 12. The number of benzene rings is 2. The summed E-state index contributed by atoms with van der Waals surface area (Å²) in [5.41, 5.74) is 2.06. The molecule has 4 rings (SSSR count). The molecule has 2 saturated heterocycles. The van der Waals surface area contributed by atoms with Gasteiger partial charge in [-0.2, -0.15) is 0 Å². The zero-order valence-corrected chi connectivity index (χ0v) is 26.3. The zero-order valence-electron chi connectivity index (χ0n) is 25.5. The summed E-state index contributed by atoms with van der Waals surface area (Å²) >= 11 is 1.10. The van der Waals surface area contributed by atoms with Gasteiger partial charge in [-0.05, 0) is 62.2 Å². The van der Waals surface area contributed by atoms with Crippen LogP contribution in [0, 0.1) is 0 Å². The molecule has 0 aromatic heterocycles. The normalized spacial score (nSPS) is 21.0. The largest absolute Gasteiger partial charge is 0.357 e. The molecular formula is C34H46N4O4S. The van der Waals surface area contributed by atoms with E-state index in [0.717, 1.165) is 55.2 Å². The summed E-state index contributed by atoms with van der Waals surface area (Å²) < 4.78 is 0. The Bertz CT molecular complexity index is 1210. The van der Waals surface area contributed by atoms with Gasteiger partial charge in [0, 0.05) is 20.0 Å². The quantitative estimate of drug-likeness (QED) is 0.377. The first-order valence-corrected chi connectivity index (χ1v) is 16.6. The summed E-state index contributed by atoms with van der Waals surface area (Å²) in [7, 11) is 1.59. The van der Waals surface area contributed by atoms with E-state index in [4.69, 9.17) is 0 Å². The average Bonchev–Trinajstić information content (AvgIpc) is 3.19. The summed E-state index contributed by atoms with van der Waals surface area (Å²) in [6, 6.07) is 18.2. The SMILES string of the molecule is CCCC(SC(=O)CN1CCCCC1)C(=O)N[C@H]1C[C@H](c2ccccc2)CCN([C@@H](Cc2ccccc2)C(=O)NC)C1=O. The summed E-state index contributed by atoms with van der Waals surface area (Å²) in [5.74, 6) is -0.745. The molecule has 2 aromatic carbocycles. The number of hydrogen-bond acceptors (Lipinski definition) is 6. The number of nitrogens with zero attached hydrogens (tertiary/aromatic N) is 2. The van der Waals surface area contributed by atoms with Crippen LogP contribution in [-0.2, 0) is 25.6 Å². The molecular weight excluding hydrogens is 560 g/mol. The third kappa shape index (κ3) is 9.41. The van der Waals surface area contributed by atoms with Crippen LogP contribution in [0.25, 0.3) is 0 Å². The van der Waals surface area contributed by atoms with Gasteiger partial charge in [0.2, 0.25) is 22.8 Å². The molecule has 2 N–H and O–H groups in total. The number of hydrogen-bond donors (Lipinski definition) is 2. The molecule has 9 heteroatoms. The number of carbonyl (C=O) groups is 4. The summed E-state index contributed by atoms with van der Waals surface area (Å²) in [5, 5.41) is 5.23. The topological polar surface area (TPSA) is 98.8 Å². The molecule has 2 aliphatic rings. The van der Waals surface area contributed by atoms with Crippen molar-refractivity contribution >= 4 is 34.6 Å². The molecule has 43 heavy (non-hydrogen) atoms. The maximum absolute atomic E-state index is 14.2. The number of amides is 3. The molecule has 2 aliphatic heterocycles. The van der Waals surface area contributed by atoms with E-state index in [1.54, 1.807) is 11.9 Å². The van der Waals surface area contributed by atoms with Crippen molar-refractivity contribution < 1.29 is 19.2 Å². The van der Waals surface area contributed by atoms with Gasteiger partial charge in [0.25, 0.3) is 0 Å². The predicted octanol–water partition coefficient (Wildman–Crippen LogP) is 4.15. The molecule has 0 saturated carbocycles. The van der Waals surface area contributed by atoms with Crippen molar-refractivity contribution in [3.05, 3.63) is 71.8 Å². The highest BCUT2D eigenvalue weighted by Gasteiger charge is 2.39. The highest BCUT2D eigenvalue weighted by atomic mass is 32.2. The molecule has 1 unspecified atom stereocenters. The second-order valence-electron chi connectivity index (χ2n) is 11.6. The van der Waals surface area contributed by atoms with Crippen LogP contribution in [0.1, 0.15) is 68.9 Å². The average molecular weight is 607 g/mol. The molecule has 0 radical (unpaired) electrons. The van der Waals surface area contributed by atoms with Crippen molar-refractivity contribution in [1.29, 1.82) is 0 Å². The van der Waals surface area contributed by atoms with E-state index in [-0.39, 0.29) is 28.8 Å². The Hall–Kier alpha value is -3.17. The van der Waals surface area contributed by atoms with E-state index < -0.39 is 17.3 Å². The number of likely N-dealkylation sites (N-methyl/N-ethyl adjacent to an activating group) is 1. The Morgan fingerprint density at radius 3 is 2.26 bits per heavy atom. The number of thioether (sulfide) groups is 1. The fourth-order valence-corrected chi connectivity index (χ4v) is 7.28. The van der Waals surface area contributed by atoms with E-state index in [2.05, 4.69) is 27.7 Å². The van der Waals surface area contributed by atoms with Crippen molar-refractivity contribution in [2.45, 2.75) is 81.5 Å². The van der Waals surface area contributed by atoms with Crippen LogP contribution >= 0.6 is 11.8 Å². The Morgan fingerprint density at radius 2 is 1.60 bits per heavy atom. The fraction of sp³-hybridized carbons (Fsp3) is 0.529. The molecule has 0 aliphatic carbocycles. The van der Waals surface area contributed by atoms with Crippen molar-refractivity contribution in [2.24, 2.45) is 0 Å². The summed E-state index contributed by atoms with van der Waals surface area (Å²) in [4.78, 5) is 58.0.